The first-order valence-electron chi connectivity index (χ1n) is 6.74. The summed E-state index contributed by atoms with van der Waals surface area (Å²) in [6.07, 6.45) is 1.79. The predicted molar refractivity (Wildman–Crippen MR) is 92.3 cm³/mol. The van der Waals surface area contributed by atoms with Crippen LogP contribution in [0.2, 0.25) is 0 Å². The van der Waals surface area contributed by atoms with E-state index in [0.29, 0.717) is 0 Å². The average Bonchev–Trinajstić information content (AvgIpc) is 2.54. The quantitative estimate of drug-likeness (QED) is 0.730. The highest BCUT2D eigenvalue weighted by molar-refractivity contribution is 9.10. The van der Waals surface area contributed by atoms with Crippen molar-refractivity contribution in [2.75, 3.05) is 19.5 Å². The third kappa shape index (κ3) is 2.99. The summed E-state index contributed by atoms with van der Waals surface area (Å²) in [4.78, 5) is 4.39. The van der Waals surface area contributed by atoms with Gasteiger partial charge < -0.3 is 14.8 Å². The molecule has 0 aliphatic heterocycles. The molecule has 0 atom stereocenters. The molecule has 0 saturated carbocycles. The van der Waals surface area contributed by atoms with Crippen LogP contribution in [-0.2, 0) is 0 Å². The highest BCUT2D eigenvalue weighted by Crippen LogP contribution is 2.31. The molecule has 0 fully saturated rings. The molecule has 3 rings (SSSR count). The summed E-state index contributed by atoms with van der Waals surface area (Å²) in [5, 5.41) is 4.45. The minimum Gasteiger partial charge on any atom is -0.497 e. The summed E-state index contributed by atoms with van der Waals surface area (Å²) in [6, 6.07) is 13.7. The van der Waals surface area contributed by atoms with Gasteiger partial charge in [0.25, 0.3) is 0 Å². The van der Waals surface area contributed by atoms with Gasteiger partial charge in [0.15, 0.2) is 0 Å². The summed E-state index contributed by atoms with van der Waals surface area (Å²) in [6.45, 7) is 0. The summed E-state index contributed by atoms with van der Waals surface area (Å²) in [5.41, 5.74) is 2.80. The fourth-order valence-corrected chi connectivity index (χ4v) is 2.61. The molecule has 4 nitrogen and oxygen atoms in total. The maximum atomic E-state index is 5.30. The molecule has 2 aromatic carbocycles. The van der Waals surface area contributed by atoms with Gasteiger partial charge in [0.2, 0.25) is 0 Å². The molecule has 5 heteroatoms. The van der Waals surface area contributed by atoms with Gasteiger partial charge >= 0.3 is 0 Å². The van der Waals surface area contributed by atoms with Gasteiger partial charge in [-0.2, -0.15) is 0 Å². The van der Waals surface area contributed by atoms with E-state index in [-0.39, 0.29) is 0 Å². The van der Waals surface area contributed by atoms with Crippen molar-refractivity contribution in [2.24, 2.45) is 0 Å². The number of methoxy groups -OCH3 is 2. The third-order valence-corrected chi connectivity index (χ3v) is 3.83. The average molecular weight is 359 g/mol. The largest absolute Gasteiger partial charge is 0.497 e. The van der Waals surface area contributed by atoms with Crippen molar-refractivity contribution in [1.82, 2.24) is 4.98 Å². The molecule has 0 bridgehead atoms. The van der Waals surface area contributed by atoms with Crippen LogP contribution in [0.3, 0.4) is 0 Å². The van der Waals surface area contributed by atoms with Crippen LogP contribution in [0.25, 0.3) is 10.9 Å². The lowest BCUT2D eigenvalue weighted by Gasteiger charge is -2.12. The molecule has 1 N–H and O–H groups in total. The standard InChI is InChI=1S/C17H15BrN2O2/c1-21-13-8-12(9-14(10-13)22-2)20-16-5-6-19-17-7-11(18)3-4-15(16)17/h3-10H,1-2H3,(H,19,20). The molecule has 22 heavy (non-hydrogen) atoms. The van der Waals surface area contributed by atoms with Gasteiger partial charge in [0.05, 0.1) is 19.7 Å². The van der Waals surface area contributed by atoms with Gasteiger partial charge in [-0.25, -0.2) is 0 Å². The molecule has 112 valence electrons. The van der Waals surface area contributed by atoms with Gasteiger partial charge in [-0.3, -0.25) is 4.98 Å². The summed E-state index contributed by atoms with van der Waals surface area (Å²) >= 11 is 3.47. The normalized spacial score (nSPS) is 10.5. The van der Waals surface area contributed by atoms with Crippen LogP contribution in [0.4, 0.5) is 11.4 Å². The number of nitrogens with zero attached hydrogens (tertiary/aromatic N) is 1. The molecule has 0 unspecified atom stereocenters. The number of pyridine rings is 1. The molecule has 0 radical (unpaired) electrons. The lowest BCUT2D eigenvalue weighted by molar-refractivity contribution is 0.395. The first-order chi connectivity index (χ1) is 10.7. The minimum absolute atomic E-state index is 0.739. The Morgan fingerprint density at radius 1 is 0.955 bits per heavy atom. The number of fused-ring (bicyclic) bond motifs is 1. The number of aromatic nitrogens is 1. The Morgan fingerprint density at radius 3 is 2.36 bits per heavy atom. The monoisotopic (exact) mass is 358 g/mol. The lowest BCUT2D eigenvalue weighted by atomic mass is 10.2. The third-order valence-electron chi connectivity index (χ3n) is 3.34. The summed E-state index contributed by atoms with van der Waals surface area (Å²) < 4.78 is 11.6. The fourth-order valence-electron chi connectivity index (χ4n) is 2.27. The number of benzene rings is 2. The van der Waals surface area contributed by atoms with Crippen LogP contribution in [0.15, 0.2) is 53.1 Å². The topological polar surface area (TPSA) is 43.4 Å². The molecular formula is C17H15BrN2O2. The second-order valence-electron chi connectivity index (χ2n) is 4.75. The molecule has 0 spiro atoms. The molecule has 0 amide bonds. The Kier molecular flexibility index (Phi) is 4.15. The zero-order valence-corrected chi connectivity index (χ0v) is 13.8. The first kappa shape index (κ1) is 14.7. The van der Waals surface area contributed by atoms with Crippen LogP contribution in [0.5, 0.6) is 11.5 Å². The van der Waals surface area contributed by atoms with Crippen LogP contribution in [-0.4, -0.2) is 19.2 Å². The molecular weight excluding hydrogens is 344 g/mol. The Hall–Kier alpha value is -2.27. The van der Waals surface area contributed by atoms with E-state index in [1.54, 1.807) is 20.4 Å². The highest BCUT2D eigenvalue weighted by Gasteiger charge is 2.06. The van der Waals surface area contributed by atoms with Crippen molar-refractivity contribution in [1.29, 1.82) is 0 Å². The Bertz CT molecular complexity index is 799. The van der Waals surface area contributed by atoms with E-state index in [1.165, 1.54) is 0 Å². The number of nitrogens with one attached hydrogen (secondary N) is 1. The summed E-state index contributed by atoms with van der Waals surface area (Å²) in [7, 11) is 3.27. The van der Waals surface area contributed by atoms with Crippen molar-refractivity contribution in [3.63, 3.8) is 0 Å². The Balaban J connectivity index is 2.03. The van der Waals surface area contributed by atoms with E-state index < -0.39 is 0 Å². The van der Waals surface area contributed by atoms with Crippen molar-refractivity contribution in [3.8, 4) is 11.5 Å². The van der Waals surface area contributed by atoms with Gasteiger partial charge in [-0.15, -0.1) is 0 Å². The predicted octanol–water partition coefficient (Wildman–Crippen LogP) is 4.76. The zero-order valence-electron chi connectivity index (χ0n) is 12.3. The van der Waals surface area contributed by atoms with E-state index in [9.17, 15) is 0 Å². The summed E-state index contributed by atoms with van der Waals surface area (Å²) in [5.74, 6) is 1.48. The number of ether oxygens (including phenoxy) is 2. The molecule has 0 aliphatic rings. The van der Waals surface area contributed by atoms with E-state index in [0.717, 1.165) is 38.2 Å². The van der Waals surface area contributed by atoms with E-state index >= 15 is 0 Å². The van der Waals surface area contributed by atoms with Crippen LogP contribution in [0.1, 0.15) is 0 Å². The number of rotatable bonds is 4. The SMILES string of the molecule is COc1cc(Nc2ccnc3cc(Br)ccc23)cc(OC)c1. The van der Waals surface area contributed by atoms with E-state index in [1.807, 2.05) is 42.5 Å². The molecule has 0 saturated heterocycles. The van der Waals surface area contributed by atoms with Gasteiger partial charge in [-0.1, -0.05) is 15.9 Å². The Labute approximate surface area is 137 Å². The van der Waals surface area contributed by atoms with Crippen molar-refractivity contribution < 1.29 is 9.47 Å². The molecule has 1 aromatic heterocycles. The van der Waals surface area contributed by atoms with Gasteiger partial charge in [0.1, 0.15) is 11.5 Å². The van der Waals surface area contributed by atoms with Crippen LogP contribution in [0, 0.1) is 0 Å². The van der Waals surface area contributed by atoms with Crippen molar-refractivity contribution >= 4 is 38.2 Å². The zero-order chi connectivity index (χ0) is 15.5. The number of halogens is 1. The smallest absolute Gasteiger partial charge is 0.124 e. The van der Waals surface area contributed by atoms with Crippen molar-refractivity contribution in [3.05, 3.63) is 53.1 Å². The highest BCUT2D eigenvalue weighted by atomic mass is 79.9. The number of hydrogen-bond acceptors (Lipinski definition) is 4. The second kappa shape index (κ2) is 6.23. The minimum atomic E-state index is 0.739. The molecule has 1 heterocycles. The van der Waals surface area contributed by atoms with E-state index in [2.05, 4.69) is 26.2 Å². The number of hydrogen-bond donors (Lipinski definition) is 1. The van der Waals surface area contributed by atoms with Crippen LogP contribution >= 0.6 is 15.9 Å². The first-order valence-corrected chi connectivity index (χ1v) is 7.53. The van der Waals surface area contributed by atoms with Crippen LogP contribution < -0.4 is 14.8 Å². The maximum Gasteiger partial charge on any atom is 0.124 e. The maximum absolute atomic E-state index is 5.30. The lowest BCUT2D eigenvalue weighted by Crippen LogP contribution is -1.95. The van der Waals surface area contributed by atoms with Crippen molar-refractivity contribution in [2.45, 2.75) is 0 Å². The Morgan fingerprint density at radius 2 is 1.68 bits per heavy atom. The number of anilines is 2. The van der Waals surface area contributed by atoms with Gasteiger partial charge in [0, 0.05) is 45.6 Å². The molecule has 0 aliphatic carbocycles. The van der Waals surface area contributed by atoms with Gasteiger partial charge in [-0.05, 0) is 24.3 Å². The second-order valence-corrected chi connectivity index (χ2v) is 5.66. The fraction of sp³-hybridized carbons (Fsp3) is 0.118. The molecule has 3 aromatic rings. The van der Waals surface area contributed by atoms with E-state index in [4.69, 9.17) is 9.47 Å².